The zero-order chi connectivity index (χ0) is 17.5. The third-order valence-electron chi connectivity index (χ3n) is 3.64. The number of anilines is 1. The highest BCUT2D eigenvalue weighted by Gasteiger charge is 2.49. The molecule has 1 aliphatic rings. The van der Waals surface area contributed by atoms with Crippen LogP contribution in [-0.2, 0) is 10.1 Å². The summed E-state index contributed by atoms with van der Waals surface area (Å²) in [6.07, 6.45) is 4.49. The van der Waals surface area contributed by atoms with E-state index in [1.807, 2.05) is 4.90 Å². The molecule has 24 heavy (non-hydrogen) atoms. The molecule has 7 nitrogen and oxygen atoms in total. The molecule has 3 heterocycles. The van der Waals surface area contributed by atoms with Crippen LogP contribution in [0.5, 0.6) is 5.75 Å². The summed E-state index contributed by atoms with van der Waals surface area (Å²) in [5.41, 5.74) is -5.32. The quantitative estimate of drug-likeness (QED) is 0.615. The van der Waals surface area contributed by atoms with Gasteiger partial charge in [0.2, 0.25) is 0 Å². The minimum Gasteiger partial charge on any atom is -0.374 e. The van der Waals surface area contributed by atoms with Crippen LogP contribution in [0.3, 0.4) is 0 Å². The third-order valence-corrected chi connectivity index (χ3v) is 4.60. The fourth-order valence-corrected chi connectivity index (χ4v) is 2.99. The SMILES string of the molecule is N#Cc1cnn2cc(N3CCCC3)cc(OS(=O)(=O)C(F)(F)F)c12. The first-order chi connectivity index (χ1) is 11.2. The topological polar surface area (TPSA) is 87.7 Å². The zero-order valence-corrected chi connectivity index (χ0v) is 12.9. The Bertz CT molecular complexity index is 924. The average Bonchev–Trinajstić information content (AvgIpc) is 3.14. The number of rotatable bonds is 3. The standard InChI is InChI=1S/C13H11F3N4O3S/c14-13(15,16)24(21,22)23-11-5-10(19-3-1-2-4-19)8-20-12(11)9(6-17)7-18-20/h5,7-8H,1-4H2. The van der Waals surface area contributed by atoms with Gasteiger partial charge in [-0.05, 0) is 12.8 Å². The van der Waals surface area contributed by atoms with E-state index in [4.69, 9.17) is 5.26 Å². The van der Waals surface area contributed by atoms with Crippen LogP contribution in [0.2, 0.25) is 0 Å². The Morgan fingerprint density at radius 2 is 1.96 bits per heavy atom. The molecule has 0 N–H and O–H groups in total. The van der Waals surface area contributed by atoms with Gasteiger partial charge in [0, 0.05) is 19.2 Å². The van der Waals surface area contributed by atoms with Gasteiger partial charge in [-0.15, -0.1) is 0 Å². The van der Waals surface area contributed by atoms with Crippen molar-refractivity contribution in [2.45, 2.75) is 18.3 Å². The van der Waals surface area contributed by atoms with Gasteiger partial charge < -0.3 is 9.08 Å². The maximum absolute atomic E-state index is 12.6. The second-order valence-electron chi connectivity index (χ2n) is 5.20. The van der Waals surface area contributed by atoms with Gasteiger partial charge in [0.1, 0.15) is 17.1 Å². The van der Waals surface area contributed by atoms with E-state index in [0.29, 0.717) is 18.8 Å². The largest absolute Gasteiger partial charge is 0.534 e. The molecule has 128 valence electrons. The van der Waals surface area contributed by atoms with Crippen molar-refractivity contribution in [1.29, 1.82) is 5.26 Å². The van der Waals surface area contributed by atoms with E-state index < -0.39 is 21.4 Å². The molecule has 2 aromatic heterocycles. The highest BCUT2D eigenvalue weighted by molar-refractivity contribution is 7.88. The van der Waals surface area contributed by atoms with Crippen molar-refractivity contribution >= 4 is 21.3 Å². The zero-order valence-electron chi connectivity index (χ0n) is 12.1. The molecule has 0 amide bonds. The van der Waals surface area contributed by atoms with Gasteiger partial charge in [-0.1, -0.05) is 0 Å². The number of alkyl halides is 3. The Hall–Kier alpha value is -2.48. The molecule has 2 aromatic rings. The Morgan fingerprint density at radius 1 is 1.29 bits per heavy atom. The lowest BCUT2D eigenvalue weighted by Gasteiger charge is -2.19. The van der Waals surface area contributed by atoms with Crippen molar-refractivity contribution in [3.05, 3.63) is 24.0 Å². The fraction of sp³-hybridized carbons (Fsp3) is 0.385. The maximum Gasteiger partial charge on any atom is 0.534 e. The second-order valence-corrected chi connectivity index (χ2v) is 6.74. The molecule has 1 aliphatic heterocycles. The smallest absolute Gasteiger partial charge is 0.374 e. The Balaban J connectivity index is 2.16. The van der Waals surface area contributed by atoms with E-state index in [9.17, 15) is 21.6 Å². The summed E-state index contributed by atoms with van der Waals surface area (Å²) in [5.74, 6) is -0.578. The molecule has 0 saturated carbocycles. The van der Waals surface area contributed by atoms with Crippen LogP contribution in [0, 0.1) is 11.3 Å². The first-order valence-electron chi connectivity index (χ1n) is 6.90. The first kappa shape index (κ1) is 16.4. The summed E-state index contributed by atoms with van der Waals surface area (Å²) in [6, 6.07) is 2.94. The van der Waals surface area contributed by atoms with Crippen molar-refractivity contribution < 1.29 is 25.8 Å². The monoisotopic (exact) mass is 360 g/mol. The number of fused-ring (bicyclic) bond motifs is 1. The lowest BCUT2D eigenvalue weighted by Crippen LogP contribution is -2.28. The normalized spacial score (nSPS) is 15.7. The molecule has 0 bridgehead atoms. The Morgan fingerprint density at radius 3 is 2.54 bits per heavy atom. The molecule has 0 aliphatic carbocycles. The average molecular weight is 360 g/mol. The molecule has 0 aromatic carbocycles. The fourth-order valence-electron chi connectivity index (χ4n) is 2.53. The van der Waals surface area contributed by atoms with Gasteiger partial charge in [0.15, 0.2) is 5.75 Å². The molecule has 0 atom stereocenters. The van der Waals surface area contributed by atoms with Crippen molar-refractivity contribution in [3.63, 3.8) is 0 Å². The lowest BCUT2D eigenvalue weighted by atomic mass is 10.2. The molecule has 1 fully saturated rings. The highest BCUT2D eigenvalue weighted by atomic mass is 32.2. The van der Waals surface area contributed by atoms with Gasteiger partial charge in [0.25, 0.3) is 0 Å². The number of hydrogen-bond donors (Lipinski definition) is 0. The number of nitriles is 1. The third kappa shape index (κ3) is 2.73. The van der Waals surface area contributed by atoms with Crippen molar-refractivity contribution in [2.24, 2.45) is 0 Å². The molecule has 0 radical (unpaired) electrons. The molecular formula is C13H11F3N4O3S. The maximum atomic E-state index is 12.6. The lowest BCUT2D eigenvalue weighted by molar-refractivity contribution is -0.0499. The predicted molar refractivity (Wildman–Crippen MR) is 77.0 cm³/mol. The van der Waals surface area contributed by atoms with Crippen LogP contribution >= 0.6 is 0 Å². The number of halogens is 3. The van der Waals surface area contributed by atoms with E-state index in [0.717, 1.165) is 23.6 Å². The number of aromatic nitrogens is 2. The molecule has 0 spiro atoms. The Kier molecular flexibility index (Phi) is 3.79. The van der Waals surface area contributed by atoms with E-state index >= 15 is 0 Å². The highest BCUT2D eigenvalue weighted by Crippen LogP contribution is 2.34. The van der Waals surface area contributed by atoms with E-state index in [1.165, 1.54) is 12.3 Å². The molecule has 0 unspecified atom stereocenters. The minimum atomic E-state index is -5.85. The van der Waals surface area contributed by atoms with Gasteiger partial charge in [-0.2, -0.15) is 31.9 Å². The van der Waals surface area contributed by atoms with Gasteiger partial charge in [-0.25, -0.2) is 4.52 Å². The van der Waals surface area contributed by atoms with E-state index in [1.54, 1.807) is 6.07 Å². The van der Waals surface area contributed by atoms with Crippen LogP contribution < -0.4 is 9.08 Å². The van der Waals surface area contributed by atoms with Gasteiger partial charge in [0.05, 0.1) is 18.1 Å². The summed E-state index contributed by atoms with van der Waals surface area (Å²) >= 11 is 0. The van der Waals surface area contributed by atoms with Crippen LogP contribution in [0.15, 0.2) is 18.5 Å². The number of hydrogen-bond acceptors (Lipinski definition) is 6. The van der Waals surface area contributed by atoms with Crippen LogP contribution in [0.4, 0.5) is 18.9 Å². The molecular weight excluding hydrogens is 349 g/mol. The van der Waals surface area contributed by atoms with Crippen molar-refractivity contribution in [2.75, 3.05) is 18.0 Å². The summed E-state index contributed by atoms with van der Waals surface area (Å²) in [7, 11) is -5.85. The minimum absolute atomic E-state index is 0.0876. The predicted octanol–water partition coefficient (Wildman–Crippen LogP) is 2.03. The summed E-state index contributed by atoms with van der Waals surface area (Å²) in [6.45, 7) is 1.37. The van der Waals surface area contributed by atoms with Crippen LogP contribution in [0.25, 0.3) is 5.52 Å². The van der Waals surface area contributed by atoms with E-state index in [-0.39, 0.29) is 11.1 Å². The van der Waals surface area contributed by atoms with Crippen LogP contribution in [0.1, 0.15) is 18.4 Å². The number of nitrogens with zero attached hydrogens (tertiary/aromatic N) is 4. The summed E-state index contributed by atoms with van der Waals surface area (Å²) in [4.78, 5) is 1.88. The molecule has 11 heteroatoms. The van der Waals surface area contributed by atoms with Gasteiger partial charge in [-0.3, -0.25) is 0 Å². The Labute approximate surface area is 135 Å². The van der Waals surface area contributed by atoms with Crippen LogP contribution in [-0.4, -0.2) is 36.6 Å². The summed E-state index contributed by atoms with van der Waals surface area (Å²) < 4.78 is 66.0. The van der Waals surface area contributed by atoms with Crippen molar-refractivity contribution in [1.82, 2.24) is 9.61 Å². The first-order valence-corrected chi connectivity index (χ1v) is 8.31. The van der Waals surface area contributed by atoms with Crippen molar-refractivity contribution in [3.8, 4) is 11.8 Å². The van der Waals surface area contributed by atoms with E-state index in [2.05, 4.69) is 9.28 Å². The molecule has 3 rings (SSSR count). The van der Waals surface area contributed by atoms with Gasteiger partial charge >= 0.3 is 15.6 Å². The second kappa shape index (κ2) is 5.55. The summed E-state index contributed by atoms with van der Waals surface area (Å²) in [5, 5.41) is 12.9. The number of pyridine rings is 1. The molecule has 1 saturated heterocycles.